The van der Waals surface area contributed by atoms with E-state index in [9.17, 15) is 4.79 Å². The van der Waals surface area contributed by atoms with E-state index >= 15 is 0 Å². The highest BCUT2D eigenvalue weighted by Gasteiger charge is 2.33. The molecular formula is C16H16BrN3O. The zero-order valence-corrected chi connectivity index (χ0v) is 13.1. The van der Waals surface area contributed by atoms with Gasteiger partial charge in [0.05, 0.1) is 5.56 Å². The van der Waals surface area contributed by atoms with Gasteiger partial charge in [-0.05, 0) is 52.5 Å². The molecule has 0 spiro atoms. The number of nitrogens with zero attached hydrogens (tertiary/aromatic N) is 2. The van der Waals surface area contributed by atoms with Gasteiger partial charge in [-0.1, -0.05) is 12.1 Å². The molecule has 0 atom stereocenters. The molecule has 1 aromatic heterocycles. The van der Waals surface area contributed by atoms with Crippen molar-refractivity contribution in [2.45, 2.75) is 25.4 Å². The summed E-state index contributed by atoms with van der Waals surface area (Å²) in [7, 11) is 0. The minimum Gasteiger partial charge on any atom is -0.399 e. The average Bonchev–Trinajstić information content (AvgIpc) is 3.30. The summed E-state index contributed by atoms with van der Waals surface area (Å²) < 4.78 is 0.816. The van der Waals surface area contributed by atoms with E-state index in [0.717, 1.165) is 28.6 Å². The minimum absolute atomic E-state index is 0.0307. The molecule has 1 aromatic carbocycles. The van der Waals surface area contributed by atoms with Crippen LogP contribution in [0.5, 0.6) is 0 Å². The Balaban J connectivity index is 1.81. The van der Waals surface area contributed by atoms with Crippen molar-refractivity contribution < 1.29 is 4.79 Å². The fourth-order valence-electron chi connectivity index (χ4n) is 2.27. The molecule has 0 aliphatic heterocycles. The van der Waals surface area contributed by atoms with Gasteiger partial charge in [-0.2, -0.15) is 0 Å². The molecule has 0 bridgehead atoms. The van der Waals surface area contributed by atoms with E-state index in [-0.39, 0.29) is 5.91 Å². The van der Waals surface area contributed by atoms with Gasteiger partial charge in [-0.15, -0.1) is 0 Å². The number of rotatable bonds is 4. The molecule has 1 aliphatic carbocycles. The van der Waals surface area contributed by atoms with Crippen LogP contribution in [0.25, 0.3) is 0 Å². The summed E-state index contributed by atoms with van der Waals surface area (Å²) in [5.41, 5.74) is 8.15. The highest BCUT2D eigenvalue weighted by Crippen LogP contribution is 2.30. The van der Waals surface area contributed by atoms with Gasteiger partial charge < -0.3 is 10.6 Å². The van der Waals surface area contributed by atoms with E-state index in [2.05, 4.69) is 20.9 Å². The van der Waals surface area contributed by atoms with Gasteiger partial charge in [-0.25, -0.2) is 0 Å². The van der Waals surface area contributed by atoms with Crippen LogP contribution >= 0.6 is 15.9 Å². The molecule has 2 N–H and O–H groups in total. The standard InChI is InChI=1S/C16H16BrN3O/c17-13-7-12(8-19-9-13)16(21)20(15-5-6-15)10-11-1-3-14(18)4-2-11/h1-4,7-9,15H,5-6,10,18H2. The summed E-state index contributed by atoms with van der Waals surface area (Å²) in [5, 5.41) is 0. The predicted molar refractivity (Wildman–Crippen MR) is 85.7 cm³/mol. The van der Waals surface area contributed by atoms with Crippen LogP contribution in [0.2, 0.25) is 0 Å². The zero-order chi connectivity index (χ0) is 14.8. The average molecular weight is 346 g/mol. The Bertz CT molecular complexity index is 653. The predicted octanol–water partition coefficient (Wildman–Crippen LogP) is 3.23. The topological polar surface area (TPSA) is 59.2 Å². The van der Waals surface area contributed by atoms with Gasteiger partial charge in [0.15, 0.2) is 0 Å². The van der Waals surface area contributed by atoms with Crippen LogP contribution in [0, 0.1) is 0 Å². The van der Waals surface area contributed by atoms with E-state index in [1.807, 2.05) is 35.2 Å². The summed E-state index contributed by atoms with van der Waals surface area (Å²) >= 11 is 3.36. The highest BCUT2D eigenvalue weighted by atomic mass is 79.9. The van der Waals surface area contributed by atoms with Crippen molar-refractivity contribution in [2.75, 3.05) is 5.73 Å². The number of halogens is 1. The number of nitrogen functional groups attached to an aromatic ring is 1. The van der Waals surface area contributed by atoms with Gasteiger partial charge in [0, 0.05) is 35.1 Å². The summed E-state index contributed by atoms with van der Waals surface area (Å²) in [4.78, 5) is 18.7. The molecule has 0 saturated heterocycles. The number of amides is 1. The lowest BCUT2D eigenvalue weighted by Crippen LogP contribution is -2.32. The third-order valence-electron chi connectivity index (χ3n) is 3.53. The molecule has 108 valence electrons. The number of benzene rings is 1. The van der Waals surface area contributed by atoms with Crippen molar-refractivity contribution in [1.82, 2.24) is 9.88 Å². The number of anilines is 1. The zero-order valence-electron chi connectivity index (χ0n) is 11.5. The molecule has 1 heterocycles. The maximum Gasteiger partial charge on any atom is 0.256 e. The van der Waals surface area contributed by atoms with Crippen LogP contribution in [0.15, 0.2) is 47.2 Å². The molecule has 2 aromatic rings. The normalized spacial score (nSPS) is 14.0. The summed E-state index contributed by atoms with van der Waals surface area (Å²) in [6, 6.07) is 9.83. The van der Waals surface area contributed by atoms with Gasteiger partial charge in [-0.3, -0.25) is 9.78 Å². The number of carbonyl (C=O) groups is 1. The first-order chi connectivity index (χ1) is 10.1. The SMILES string of the molecule is Nc1ccc(CN(C(=O)c2cncc(Br)c2)C2CC2)cc1. The Labute approximate surface area is 132 Å². The first-order valence-corrected chi connectivity index (χ1v) is 7.69. The molecule has 0 radical (unpaired) electrons. The molecule has 1 aliphatic rings. The Morgan fingerprint density at radius 2 is 2.00 bits per heavy atom. The molecule has 21 heavy (non-hydrogen) atoms. The molecule has 1 fully saturated rings. The number of hydrogen-bond donors (Lipinski definition) is 1. The highest BCUT2D eigenvalue weighted by molar-refractivity contribution is 9.10. The Kier molecular flexibility index (Phi) is 3.92. The maximum absolute atomic E-state index is 12.7. The Morgan fingerprint density at radius 1 is 1.29 bits per heavy atom. The largest absolute Gasteiger partial charge is 0.399 e. The number of pyridine rings is 1. The van der Waals surface area contributed by atoms with Crippen LogP contribution in [-0.4, -0.2) is 21.8 Å². The fraction of sp³-hybridized carbons (Fsp3) is 0.250. The number of aromatic nitrogens is 1. The van der Waals surface area contributed by atoms with Crippen molar-refractivity contribution in [3.8, 4) is 0 Å². The molecule has 3 rings (SSSR count). The third kappa shape index (κ3) is 3.42. The van der Waals surface area contributed by atoms with Crippen LogP contribution in [0.1, 0.15) is 28.8 Å². The van der Waals surface area contributed by atoms with Crippen LogP contribution in [-0.2, 0) is 6.54 Å². The van der Waals surface area contributed by atoms with Crippen LogP contribution in [0.3, 0.4) is 0 Å². The first-order valence-electron chi connectivity index (χ1n) is 6.89. The second-order valence-electron chi connectivity index (χ2n) is 5.30. The Morgan fingerprint density at radius 3 is 2.62 bits per heavy atom. The van der Waals surface area contributed by atoms with E-state index in [0.29, 0.717) is 18.2 Å². The van der Waals surface area contributed by atoms with Gasteiger partial charge >= 0.3 is 0 Å². The lowest BCUT2D eigenvalue weighted by molar-refractivity contribution is 0.0729. The molecule has 0 unspecified atom stereocenters. The van der Waals surface area contributed by atoms with Crippen molar-refractivity contribution in [3.05, 3.63) is 58.3 Å². The van der Waals surface area contributed by atoms with Crippen molar-refractivity contribution in [2.24, 2.45) is 0 Å². The Hall–Kier alpha value is -1.88. The first kappa shape index (κ1) is 14.1. The van der Waals surface area contributed by atoms with E-state index < -0.39 is 0 Å². The van der Waals surface area contributed by atoms with Crippen LogP contribution in [0.4, 0.5) is 5.69 Å². The van der Waals surface area contributed by atoms with E-state index in [4.69, 9.17) is 5.73 Å². The van der Waals surface area contributed by atoms with Gasteiger partial charge in [0.25, 0.3) is 5.91 Å². The second kappa shape index (κ2) is 5.85. The summed E-state index contributed by atoms with van der Waals surface area (Å²) in [6.07, 6.45) is 5.44. The monoisotopic (exact) mass is 345 g/mol. The maximum atomic E-state index is 12.7. The fourth-order valence-corrected chi connectivity index (χ4v) is 2.63. The van der Waals surface area contributed by atoms with Crippen molar-refractivity contribution in [3.63, 3.8) is 0 Å². The number of hydrogen-bond acceptors (Lipinski definition) is 3. The smallest absolute Gasteiger partial charge is 0.256 e. The molecular weight excluding hydrogens is 330 g/mol. The second-order valence-corrected chi connectivity index (χ2v) is 6.21. The number of carbonyl (C=O) groups excluding carboxylic acids is 1. The lowest BCUT2D eigenvalue weighted by atomic mass is 10.1. The molecule has 1 saturated carbocycles. The summed E-state index contributed by atoms with van der Waals surface area (Å²) in [5.74, 6) is 0.0307. The quantitative estimate of drug-likeness (QED) is 0.865. The van der Waals surface area contributed by atoms with Gasteiger partial charge in [0.2, 0.25) is 0 Å². The molecule has 5 heteroatoms. The van der Waals surface area contributed by atoms with Crippen molar-refractivity contribution >= 4 is 27.5 Å². The molecule has 4 nitrogen and oxygen atoms in total. The van der Waals surface area contributed by atoms with E-state index in [1.165, 1.54) is 0 Å². The lowest BCUT2D eigenvalue weighted by Gasteiger charge is -2.22. The van der Waals surface area contributed by atoms with Crippen LogP contribution < -0.4 is 5.73 Å². The number of nitrogens with two attached hydrogens (primary N) is 1. The van der Waals surface area contributed by atoms with E-state index in [1.54, 1.807) is 12.4 Å². The minimum atomic E-state index is 0.0307. The van der Waals surface area contributed by atoms with Gasteiger partial charge in [0.1, 0.15) is 0 Å². The summed E-state index contributed by atoms with van der Waals surface area (Å²) in [6.45, 7) is 0.607. The van der Waals surface area contributed by atoms with Crippen molar-refractivity contribution in [1.29, 1.82) is 0 Å². The third-order valence-corrected chi connectivity index (χ3v) is 3.97. The molecule has 1 amide bonds.